The van der Waals surface area contributed by atoms with E-state index in [0.717, 1.165) is 29.7 Å². The molecule has 0 aliphatic heterocycles. The lowest BCUT2D eigenvalue weighted by molar-refractivity contribution is 0.101. The van der Waals surface area contributed by atoms with Crippen molar-refractivity contribution in [2.75, 3.05) is 0 Å². The summed E-state index contributed by atoms with van der Waals surface area (Å²) in [6.07, 6.45) is 2.03. The molecule has 0 amide bonds. The predicted molar refractivity (Wildman–Crippen MR) is 83.9 cm³/mol. The number of pyridine rings is 1. The molecule has 0 radical (unpaired) electrons. The van der Waals surface area contributed by atoms with E-state index in [-0.39, 0.29) is 22.9 Å². The Morgan fingerprint density at radius 3 is 2.48 bits per heavy atom. The van der Waals surface area contributed by atoms with Gasteiger partial charge in [0.05, 0.1) is 11.3 Å². The smallest absolute Gasteiger partial charge is 0.262 e. The number of rotatable bonds is 3. The average molecular weight is 281 g/mol. The first-order valence-corrected chi connectivity index (χ1v) is 7.33. The van der Waals surface area contributed by atoms with Crippen LogP contribution in [0.2, 0.25) is 0 Å². The van der Waals surface area contributed by atoms with E-state index in [1.807, 2.05) is 17.6 Å². The third-order valence-corrected chi connectivity index (χ3v) is 4.08. The number of carbonyl (C=O) groups excluding carboxylic acids is 1. The van der Waals surface area contributed by atoms with Crippen molar-refractivity contribution in [3.63, 3.8) is 0 Å². The third kappa shape index (κ3) is 2.44. The summed E-state index contributed by atoms with van der Waals surface area (Å²) in [6.45, 7) is 5.55. The largest absolute Gasteiger partial charge is 0.305 e. The number of benzene rings is 1. The van der Waals surface area contributed by atoms with Crippen LogP contribution in [0.1, 0.15) is 47.3 Å². The van der Waals surface area contributed by atoms with Gasteiger partial charge in [-0.1, -0.05) is 17.7 Å². The quantitative estimate of drug-likeness (QED) is 0.805. The highest BCUT2D eigenvalue weighted by molar-refractivity contribution is 5.94. The molecular formula is C18H19NO2. The van der Waals surface area contributed by atoms with E-state index in [1.54, 1.807) is 6.07 Å². The highest BCUT2D eigenvalue weighted by Crippen LogP contribution is 2.37. The first-order valence-electron chi connectivity index (χ1n) is 7.33. The number of ketones is 1. The van der Waals surface area contributed by atoms with E-state index in [1.165, 1.54) is 12.5 Å². The maximum absolute atomic E-state index is 12.6. The summed E-state index contributed by atoms with van der Waals surface area (Å²) >= 11 is 0. The maximum Gasteiger partial charge on any atom is 0.262 e. The van der Waals surface area contributed by atoms with Crippen molar-refractivity contribution in [2.24, 2.45) is 0 Å². The molecule has 0 spiro atoms. The Bertz CT molecular complexity index is 782. The van der Waals surface area contributed by atoms with Crippen LogP contribution in [0.4, 0.5) is 0 Å². The second-order valence-corrected chi connectivity index (χ2v) is 5.91. The van der Waals surface area contributed by atoms with Gasteiger partial charge < -0.3 is 4.57 Å². The molecule has 1 heterocycles. The van der Waals surface area contributed by atoms with E-state index in [4.69, 9.17) is 0 Å². The molecule has 0 atom stereocenters. The normalized spacial score (nSPS) is 14.2. The molecule has 1 aliphatic rings. The Kier molecular flexibility index (Phi) is 3.28. The van der Waals surface area contributed by atoms with Gasteiger partial charge in [0.1, 0.15) is 0 Å². The molecule has 1 aliphatic carbocycles. The van der Waals surface area contributed by atoms with Crippen LogP contribution >= 0.6 is 0 Å². The Morgan fingerprint density at radius 1 is 1.14 bits per heavy atom. The van der Waals surface area contributed by atoms with Crippen LogP contribution in [-0.4, -0.2) is 10.4 Å². The van der Waals surface area contributed by atoms with Gasteiger partial charge in [-0.15, -0.1) is 0 Å². The van der Waals surface area contributed by atoms with E-state index >= 15 is 0 Å². The van der Waals surface area contributed by atoms with Gasteiger partial charge in [0.25, 0.3) is 5.56 Å². The first kappa shape index (κ1) is 13.8. The molecule has 2 aromatic rings. The number of aryl methyl sites for hydroxylation is 2. The summed E-state index contributed by atoms with van der Waals surface area (Å²) in [5, 5.41) is 0. The van der Waals surface area contributed by atoms with Crippen molar-refractivity contribution >= 4 is 5.78 Å². The minimum absolute atomic E-state index is 0.150. The lowest BCUT2D eigenvalue weighted by Crippen LogP contribution is -2.26. The topological polar surface area (TPSA) is 39.1 Å². The Hall–Kier alpha value is -2.16. The first-order chi connectivity index (χ1) is 9.99. The number of carbonyl (C=O) groups is 1. The fourth-order valence-corrected chi connectivity index (χ4v) is 2.75. The van der Waals surface area contributed by atoms with Gasteiger partial charge in [-0.3, -0.25) is 9.59 Å². The molecule has 1 fully saturated rings. The molecular weight excluding hydrogens is 262 g/mol. The van der Waals surface area contributed by atoms with Gasteiger partial charge in [-0.2, -0.15) is 0 Å². The molecule has 0 N–H and O–H groups in total. The summed E-state index contributed by atoms with van der Waals surface area (Å²) in [5.41, 5.74) is 4.45. The maximum atomic E-state index is 12.6. The Balaban J connectivity index is 2.28. The van der Waals surface area contributed by atoms with Crippen LogP contribution in [0, 0.1) is 13.8 Å². The van der Waals surface area contributed by atoms with Crippen LogP contribution in [0.5, 0.6) is 0 Å². The third-order valence-electron chi connectivity index (χ3n) is 4.08. The number of aromatic nitrogens is 1. The van der Waals surface area contributed by atoms with Gasteiger partial charge in [-0.05, 0) is 57.4 Å². The van der Waals surface area contributed by atoms with Crippen LogP contribution in [0.15, 0.2) is 35.1 Å². The van der Waals surface area contributed by atoms with Gasteiger partial charge in [0.2, 0.25) is 0 Å². The summed E-state index contributed by atoms with van der Waals surface area (Å²) in [5.74, 6) is -0.165. The summed E-state index contributed by atoms with van der Waals surface area (Å²) in [7, 11) is 0. The average Bonchev–Trinajstić information content (AvgIpc) is 3.25. The molecule has 1 aromatic carbocycles. The molecule has 21 heavy (non-hydrogen) atoms. The lowest BCUT2D eigenvalue weighted by atomic mass is 10.0. The molecule has 0 saturated heterocycles. The van der Waals surface area contributed by atoms with E-state index in [9.17, 15) is 9.59 Å². The summed E-state index contributed by atoms with van der Waals surface area (Å²) < 4.78 is 1.82. The SMILES string of the molecule is CC(=O)c1ccc(-c2cc(C)ccc2C)n(C2CC2)c1=O. The van der Waals surface area contributed by atoms with E-state index in [2.05, 4.69) is 25.1 Å². The molecule has 0 bridgehead atoms. The summed E-state index contributed by atoms with van der Waals surface area (Å²) in [4.78, 5) is 24.2. The van der Waals surface area contributed by atoms with E-state index < -0.39 is 0 Å². The number of hydrogen-bond acceptors (Lipinski definition) is 2. The van der Waals surface area contributed by atoms with Crippen LogP contribution in [-0.2, 0) is 0 Å². The van der Waals surface area contributed by atoms with Gasteiger partial charge in [0, 0.05) is 11.6 Å². The van der Waals surface area contributed by atoms with Crippen molar-refractivity contribution in [1.82, 2.24) is 4.57 Å². The minimum Gasteiger partial charge on any atom is -0.305 e. The summed E-state index contributed by atoms with van der Waals surface area (Å²) in [6, 6.07) is 10.1. The van der Waals surface area contributed by atoms with Gasteiger partial charge in [-0.25, -0.2) is 0 Å². The highest BCUT2D eigenvalue weighted by Gasteiger charge is 2.28. The second-order valence-electron chi connectivity index (χ2n) is 5.91. The van der Waals surface area contributed by atoms with Crippen molar-refractivity contribution in [1.29, 1.82) is 0 Å². The predicted octanol–water partition coefficient (Wildman–Crippen LogP) is 3.67. The van der Waals surface area contributed by atoms with Crippen molar-refractivity contribution in [3.8, 4) is 11.3 Å². The van der Waals surface area contributed by atoms with Crippen molar-refractivity contribution in [3.05, 3.63) is 57.4 Å². The second kappa shape index (κ2) is 4.99. The van der Waals surface area contributed by atoms with Crippen LogP contribution in [0.3, 0.4) is 0 Å². The minimum atomic E-state index is -0.165. The van der Waals surface area contributed by atoms with Crippen molar-refractivity contribution in [2.45, 2.75) is 39.7 Å². The lowest BCUT2D eigenvalue weighted by Gasteiger charge is -2.16. The molecule has 3 heteroatoms. The fraction of sp³-hybridized carbons (Fsp3) is 0.333. The monoisotopic (exact) mass is 281 g/mol. The zero-order chi connectivity index (χ0) is 15.1. The van der Waals surface area contributed by atoms with Gasteiger partial charge in [0.15, 0.2) is 5.78 Å². The zero-order valence-electron chi connectivity index (χ0n) is 12.6. The van der Waals surface area contributed by atoms with Crippen molar-refractivity contribution < 1.29 is 4.79 Å². The standard InChI is InChI=1S/C18H19NO2/c1-11-4-5-12(2)16(10-11)17-9-8-15(13(3)20)18(21)19(17)14-6-7-14/h4-5,8-10,14H,6-7H2,1-3H3. The highest BCUT2D eigenvalue weighted by atomic mass is 16.1. The van der Waals surface area contributed by atoms with E-state index in [0.29, 0.717) is 0 Å². The zero-order valence-corrected chi connectivity index (χ0v) is 12.6. The van der Waals surface area contributed by atoms with Gasteiger partial charge >= 0.3 is 0 Å². The molecule has 0 unspecified atom stereocenters. The molecule has 1 saturated carbocycles. The number of nitrogens with zero attached hydrogens (tertiary/aromatic N) is 1. The molecule has 3 rings (SSSR count). The number of hydrogen-bond donors (Lipinski definition) is 0. The molecule has 3 nitrogen and oxygen atoms in total. The number of Topliss-reactive ketones (excluding diaryl/α,β-unsaturated/α-hetero) is 1. The van der Waals surface area contributed by atoms with Crippen LogP contribution < -0.4 is 5.56 Å². The Morgan fingerprint density at radius 2 is 1.86 bits per heavy atom. The molecule has 1 aromatic heterocycles. The van der Waals surface area contributed by atoms with Crippen LogP contribution in [0.25, 0.3) is 11.3 Å². The fourth-order valence-electron chi connectivity index (χ4n) is 2.75. The Labute approximate surface area is 124 Å². The molecule has 108 valence electrons.